The number of methoxy groups -OCH3 is 1. The number of pyridine rings is 1. The number of aryl methyl sites for hydroxylation is 1. The molecular formula is C20H20N2O4S. The van der Waals surface area contributed by atoms with Crippen LogP contribution in [0.25, 0.3) is 10.9 Å². The zero-order valence-corrected chi connectivity index (χ0v) is 15.9. The van der Waals surface area contributed by atoms with Gasteiger partial charge in [-0.25, -0.2) is 13.4 Å². The molecule has 0 aliphatic carbocycles. The Labute approximate surface area is 158 Å². The van der Waals surface area contributed by atoms with Crippen LogP contribution in [0.4, 0.5) is 0 Å². The largest absolute Gasteiger partial charge is 0.497 e. The van der Waals surface area contributed by atoms with Gasteiger partial charge in [-0.3, -0.25) is 4.79 Å². The second-order valence-electron chi connectivity index (χ2n) is 6.09. The van der Waals surface area contributed by atoms with Crippen LogP contribution in [0.1, 0.15) is 16.1 Å². The third-order valence-electron chi connectivity index (χ3n) is 4.23. The first-order chi connectivity index (χ1) is 12.9. The van der Waals surface area contributed by atoms with Gasteiger partial charge in [-0.2, -0.15) is 0 Å². The van der Waals surface area contributed by atoms with E-state index in [0.717, 1.165) is 16.5 Å². The molecule has 0 spiro atoms. The highest BCUT2D eigenvalue weighted by Crippen LogP contribution is 2.18. The second kappa shape index (κ2) is 7.75. The van der Waals surface area contributed by atoms with Crippen LogP contribution >= 0.6 is 0 Å². The van der Waals surface area contributed by atoms with Gasteiger partial charge in [0, 0.05) is 11.9 Å². The van der Waals surface area contributed by atoms with Gasteiger partial charge >= 0.3 is 0 Å². The van der Waals surface area contributed by atoms with Gasteiger partial charge in [0.1, 0.15) is 11.4 Å². The van der Waals surface area contributed by atoms with Crippen LogP contribution in [-0.2, 0) is 9.84 Å². The first-order valence-electron chi connectivity index (χ1n) is 8.42. The molecule has 1 N–H and O–H groups in total. The van der Waals surface area contributed by atoms with Crippen molar-refractivity contribution in [3.63, 3.8) is 0 Å². The number of nitrogens with one attached hydrogen (secondary N) is 1. The highest BCUT2D eigenvalue weighted by atomic mass is 32.2. The maximum atomic E-state index is 12.4. The molecule has 3 rings (SSSR count). The lowest BCUT2D eigenvalue weighted by molar-refractivity contribution is 0.0951. The van der Waals surface area contributed by atoms with Gasteiger partial charge in [0.15, 0.2) is 9.84 Å². The molecule has 0 atom stereocenters. The molecule has 140 valence electrons. The maximum absolute atomic E-state index is 12.4. The lowest BCUT2D eigenvalue weighted by atomic mass is 10.1. The number of carbonyl (C=O) groups is 1. The van der Waals surface area contributed by atoms with E-state index in [1.54, 1.807) is 18.2 Å². The number of ether oxygens (including phenoxy) is 1. The predicted molar refractivity (Wildman–Crippen MR) is 104 cm³/mol. The summed E-state index contributed by atoms with van der Waals surface area (Å²) in [7, 11) is -1.98. The average Bonchev–Trinajstić information content (AvgIpc) is 2.67. The standard InChI is InChI=1S/C20H20N2O4S/c1-14-13-19(22-18-6-4-3-5-17(14)18)20(23)21-11-12-27(24,25)16-9-7-15(26-2)8-10-16/h3-10,13H,11-12H2,1-2H3,(H,21,23). The van der Waals surface area contributed by atoms with Crippen molar-refractivity contribution >= 4 is 26.6 Å². The number of aromatic nitrogens is 1. The summed E-state index contributed by atoms with van der Waals surface area (Å²) < 4.78 is 29.8. The first kappa shape index (κ1) is 18.8. The van der Waals surface area contributed by atoms with Gasteiger partial charge in [0.05, 0.1) is 23.3 Å². The Bertz CT molecular complexity index is 1080. The van der Waals surface area contributed by atoms with E-state index in [0.29, 0.717) is 5.75 Å². The summed E-state index contributed by atoms with van der Waals surface area (Å²) in [4.78, 5) is 16.9. The molecule has 0 aliphatic rings. The molecule has 2 aromatic carbocycles. The number of para-hydroxylation sites is 1. The van der Waals surface area contributed by atoms with Gasteiger partial charge in [-0.1, -0.05) is 18.2 Å². The molecule has 0 bridgehead atoms. The summed E-state index contributed by atoms with van der Waals surface area (Å²) >= 11 is 0. The van der Waals surface area contributed by atoms with E-state index in [4.69, 9.17) is 4.74 Å². The Balaban J connectivity index is 1.67. The van der Waals surface area contributed by atoms with Crippen LogP contribution < -0.4 is 10.1 Å². The number of nitrogens with zero attached hydrogens (tertiary/aromatic N) is 1. The molecule has 0 saturated heterocycles. The topological polar surface area (TPSA) is 85.4 Å². The van der Waals surface area contributed by atoms with Gasteiger partial charge in [0.2, 0.25) is 0 Å². The van der Waals surface area contributed by atoms with Crippen LogP contribution in [-0.4, -0.2) is 38.7 Å². The molecule has 0 unspecified atom stereocenters. The summed E-state index contributed by atoms with van der Waals surface area (Å²) in [6, 6.07) is 15.4. The monoisotopic (exact) mass is 384 g/mol. The van der Waals surface area contributed by atoms with Crippen molar-refractivity contribution in [2.45, 2.75) is 11.8 Å². The molecule has 0 radical (unpaired) electrons. The lowest BCUT2D eigenvalue weighted by Gasteiger charge is -2.09. The number of fused-ring (bicyclic) bond motifs is 1. The van der Waals surface area contributed by atoms with Crippen molar-refractivity contribution in [3.8, 4) is 5.75 Å². The minimum Gasteiger partial charge on any atom is -0.497 e. The van der Waals surface area contributed by atoms with Gasteiger partial charge in [0.25, 0.3) is 5.91 Å². The van der Waals surface area contributed by atoms with E-state index in [9.17, 15) is 13.2 Å². The third kappa shape index (κ3) is 4.25. The molecular weight excluding hydrogens is 364 g/mol. The number of sulfone groups is 1. The smallest absolute Gasteiger partial charge is 0.269 e. The van der Waals surface area contributed by atoms with Crippen LogP contribution in [0.5, 0.6) is 5.75 Å². The summed E-state index contributed by atoms with van der Waals surface area (Å²) in [6.45, 7) is 1.91. The van der Waals surface area contributed by atoms with Crippen molar-refractivity contribution < 1.29 is 17.9 Å². The fourth-order valence-corrected chi connectivity index (χ4v) is 3.91. The SMILES string of the molecule is COc1ccc(S(=O)(=O)CCNC(=O)c2cc(C)c3ccccc3n2)cc1. The van der Waals surface area contributed by atoms with Gasteiger partial charge in [-0.15, -0.1) is 0 Å². The van der Waals surface area contributed by atoms with Crippen molar-refractivity contribution in [1.82, 2.24) is 10.3 Å². The Morgan fingerprint density at radius 1 is 1.11 bits per heavy atom. The lowest BCUT2D eigenvalue weighted by Crippen LogP contribution is -2.29. The number of hydrogen-bond donors (Lipinski definition) is 1. The number of carbonyl (C=O) groups excluding carboxylic acids is 1. The normalized spacial score (nSPS) is 11.3. The molecule has 3 aromatic rings. The van der Waals surface area contributed by atoms with Crippen molar-refractivity contribution in [2.24, 2.45) is 0 Å². The Morgan fingerprint density at radius 3 is 2.52 bits per heavy atom. The maximum Gasteiger partial charge on any atom is 0.269 e. The van der Waals surface area contributed by atoms with E-state index in [1.165, 1.54) is 19.2 Å². The van der Waals surface area contributed by atoms with Crippen molar-refractivity contribution in [2.75, 3.05) is 19.4 Å². The molecule has 1 amide bonds. The highest BCUT2D eigenvalue weighted by molar-refractivity contribution is 7.91. The molecule has 0 saturated carbocycles. The summed E-state index contributed by atoms with van der Waals surface area (Å²) in [5.41, 5.74) is 1.94. The fourth-order valence-electron chi connectivity index (χ4n) is 2.76. The van der Waals surface area contributed by atoms with Crippen LogP contribution in [0.3, 0.4) is 0 Å². The Morgan fingerprint density at radius 2 is 1.81 bits per heavy atom. The van der Waals surface area contributed by atoms with Crippen molar-refractivity contribution in [3.05, 3.63) is 65.9 Å². The van der Waals surface area contributed by atoms with E-state index < -0.39 is 15.7 Å². The Hall–Kier alpha value is -2.93. The minimum atomic E-state index is -3.50. The van der Waals surface area contributed by atoms with Crippen LogP contribution in [0.2, 0.25) is 0 Å². The van der Waals surface area contributed by atoms with E-state index in [2.05, 4.69) is 10.3 Å². The molecule has 6 nitrogen and oxygen atoms in total. The van der Waals surface area contributed by atoms with E-state index >= 15 is 0 Å². The quantitative estimate of drug-likeness (QED) is 0.706. The molecule has 7 heteroatoms. The average molecular weight is 384 g/mol. The van der Waals surface area contributed by atoms with E-state index in [-0.39, 0.29) is 22.9 Å². The summed E-state index contributed by atoms with van der Waals surface area (Å²) in [5, 5.41) is 3.62. The second-order valence-corrected chi connectivity index (χ2v) is 8.20. The number of amides is 1. The molecule has 0 fully saturated rings. The summed E-state index contributed by atoms with van der Waals surface area (Å²) in [5.74, 6) is -0.00810. The van der Waals surface area contributed by atoms with Gasteiger partial charge in [-0.05, 0) is 48.9 Å². The summed E-state index contributed by atoms with van der Waals surface area (Å²) in [6.07, 6.45) is 0. The fraction of sp³-hybridized carbons (Fsp3) is 0.200. The first-order valence-corrected chi connectivity index (χ1v) is 10.1. The van der Waals surface area contributed by atoms with Crippen LogP contribution in [0, 0.1) is 6.92 Å². The zero-order chi connectivity index (χ0) is 19.4. The molecule has 1 heterocycles. The third-order valence-corrected chi connectivity index (χ3v) is 5.96. The Kier molecular flexibility index (Phi) is 5.41. The highest BCUT2D eigenvalue weighted by Gasteiger charge is 2.16. The molecule has 27 heavy (non-hydrogen) atoms. The number of hydrogen-bond acceptors (Lipinski definition) is 5. The van der Waals surface area contributed by atoms with E-state index in [1.807, 2.05) is 31.2 Å². The van der Waals surface area contributed by atoms with Crippen molar-refractivity contribution in [1.29, 1.82) is 0 Å². The van der Waals surface area contributed by atoms with Gasteiger partial charge < -0.3 is 10.1 Å². The van der Waals surface area contributed by atoms with Crippen LogP contribution in [0.15, 0.2) is 59.5 Å². The number of rotatable bonds is 6. The molecule has 1 aromatic heterocycles. The minimum absolute atomic E-state index is 0.000744. The number of benzene rings is 2. The molecule has 0 aliphatic heterocycles. The zero-order valence-electron chi connectivity index (χ0n) is 15.1. The predicted octanol–water partition coefficient (Wildman–Crippen LogP) is 2.76.